The Kier molecular flexibility index (Phi) is 5.62. The van der Waals surface area contributed by atoms with E-state index in [1.54, 1.807) is 6.20 Å². The SMILES string of the molecule is CC(=O)N[C@@H]1CCC[C@H](C(=O)Nc2cc(-c3cnn4c3CC(C)(C)CC4)ccn2)C1. The number of hydrogen-bond donors (Lipinski definition) is 2. The van der Waals surface area contributed by atoms with Gasteiger partial charge in [-0.25, -0.2) is 4.98 Å². The van der Waals surface area contributed by atoms with E-state index in [0.29, 0.717) is 12.2 Å². The van der Waals surface area contributed by atoms with Crippen LogP contribution >= 0.6 is 0 Å². The van der Waals surface area contributed by atoms with Crippen molar-refractivity contribution >= 4 is 17.6 Å². The summed E-state index contributed by atoms with van der Waals surface area (Å²) < 4.78 is 2.10. The fraction of sp³-hybridized carbons (Fsp3) is 0.565. The van der Waals surface area contributed by atoms with Gasteiger partial charge in [0.05, 0.1) is 6.20 Å². The van der Waals surface area contributed by atoms with Crippen LogP contribution in [0.4, 0.5) is 5.82 Å². The number of nitrogens with one attached hydrogen (secondary N) is 2. The molecule has 2 amide bonds. The van der Waals surface area contributed by atoms with Gasteiger partial charge in [0.15, 0.2) is 0 Å². The second-order valence-corrected chi connectivity index (χ2v) is 9.50. The molecular formula is C23H31N5O2. The van der Waals surface area contributed by atoms with Crippen molar-refractivity contribution in [3.63, 3.8) is 0 Å². The average Bonchev–Trinajstić information content (AvgIpc) is 3.09. The fourth-order valence-electron chi connectivity index (χ4n) is 4.72. The molecule has 0 radical (unpaired) electrons. The maximum atomic E-state index is 12.8. The summed E-state index contributed by atoms with van der Waals surface area (Å²) in [5.74, 6) is 0.399. The van der Waals surface area contributed by atoms with Gasteiger partial charge in [-0.1, -0.05) is 20.3 Å². The van der Waals surface area contributed by atoms with Crippen molar-refractivity contribution in [1.82, 2.24) is 20.1 Å². The van der Waals surface area contributed by atoms with Crippen molar-refractivity contribution in [3.05, 3.63) is 30.2 Å². The van der Waals surface area contributed by atoms with E-state index in [2.05, 4.69) is 39.2 Å². The zero-order valence-corrected chi connectivity index (χ0v) is 18.1. The Morgan fingerprint density at radius 2 is 2.10 bits per heavy atom. The minimum atomic E-state index is -0.106. The number of rotatable bonds is 4. The van der Waals surface area contributed by atoms with Crippen molar-refractivity contribution < 1.29 is 9.59 Å². The summed E-state index contributed by atoms with van der Waals surface area (Å²) in [4.78, 5) is 28.5. The quantitative estimate of drug-likeness (QED) is 0.808. The van der Waals surface area contributed by atoms with Gasteiger partial charge in [-0.3, -0.25) is 14.3 Å². The van der Waals surface area contributed by atoms with Gasteiger partial charge in [0.2, 0.25) is 11.8 Å². The Labute approximate surface area is 177 Å². The number of nitrogens with zero attached hydrogens (tertiary/aromatic N) is 3. The topological polar surface area (TPSA) is 88.9 Å². The Bertz CT molecular complexity index is 949. The standard InChI is InChI=1S/C23H31N5O2/c1-15(29)26-18-6-4-5-17(11-18)22(30)27-21-12-16(7-9-24-21)19-14-25-28-10-8-23(2,3)13-20(19)28/h7,9,12,14,17-18H,4-6,8,10-11,13H2,1-3H3,(H,26,29)(H,24,27,30)/t17-,18+/m0/s1. The molecule has 2 N–H and O–H groups in total. The molecule has 4 rings (SSSR count). The first-order valence-electron chi connectivity index (χ1n) is 10.9. The molecule has 1 aliphatic heterocycles. The molecule has 30 heavy (non-hydrogen) atoms. The maximum Gasteiger partial charge on any atom is 0.228 e. The summed E-state index contributed by atoms with van der Waals surface area (Å²) in [7, 11) is 0. The van der Waals surface area contributed by atoms with Gasteiger partial charge >= 0.3 is 0 Å². The van der Waals surface area contributed by atoms with Gasteiger partial charge in [-0.15, -0.1) is 0 Å². The zero-order valence-electron chi connectivity index (χ0n) is 18.1. The highest BCUT2D eigenvalue weighted by atomic mass is 16.2. The number of aryl methyl sites for hydroxylation is 1. The molecular weight excluding hydrogens is 378 g/mol. The summed E-state index contributed by atoms with van der Waals surface area (Å²) in [5, 5.41) is 10.5. The van der Waals surface area contributed by atoms with Crippen molar-refractivity contribution in [1.29, 1.82) is 0 Å². The van der Waals surface area contributed by atoms with Gasteiger partial charge in [0.25, 0.3) is 0 Å². The number of hydrogen-bond acceptors (Lipinski definition) is 4. The maximum absolute atomic E-state index is 12.8. The van der Waals surface area contributed by atoms with Crippen LogP contribution in [0.1, 0.15) is 58.6 Å². The van der Waals surface area contributed by atoms with E-state index in [0.717, 1.165) is 49.8 Å². The zero-order chi connectivity index (χ0) is 21.3. The van der Waals surface area contributed by atoms with Crippen LogP contribution in [0.15, 0.2) is 24.5 Å². The molecule has 0 saturated heterocycles. The summed E-state index contributed by atoms with van der Waals surface area (Å²) in [6, 6.07) is 3.99. The van der Waals surface area contributed by atoms with Gasteiger partial charge in [0.1, 0.15) is 5.82 Å². The van der Waals surface area contributed by atoms with Crippen LogP contribution in [-0.4, -0.2) is 32.6 Å². The van der Waals surface area contributed by atoms with Crippen LogP contribution in [0.25, 0.3) is 11.1 Å². The minimum Gasteiger partial charge on any atom is -0.354 e. The second kappa shape index (κ2) is 8.20. The van der Waals surface area contributed by atoms with E-state index in [1.807, 2.05) is 18.3 Å². The monoisotopic (exact) mass is 409 g/mol. The molecule has 0 aromatic carbocycles. The van der Waals surface area contributed by atoms with Crippen LogP contribution in [0.5, 0.6) is 0 Å². The third kappa shape index (κ3) is 4.55. The Balaban J connectivity index is 1.48. The first kappa shape index (κ1) is 20.6. The largest absolute Gasteiger partial charge is 0.354 e. The molecule has 7 nitrogen and oxygen atoms in total. The lowest BCUT2D eigenvalue weighted by atomic mass is 9.81. The van der Waals surface area contributed by atoms with E-state index < -0.39 is 0 Å². The molecule has 2 aromatic heterocycles. The number of carbonyl (C=O) groups is 2. The number of aromatic nitrogens is 3. The van der Waals surface area contributed by atoms with Gasteiger partial charge in [-0.05, 0) is 55.2 Å². The summed E-state index contributed by atoms with van der Waals surface area (Å²) in [6.45, 7) is 7.05. The lowest BCUT2D eigenvalue weighted by molar-refractivity contribution is -0.123. The van der Waals surface area contributed by atoms with Crippen molar-refractivity contribution in [2.75, 3.05) is 5.32 Å². The van der Waals surface area contributed by atoms with Crippen LogP contribution in [0.3, 0.4) is 0 Å². The molecule has 1 fully saturated rings. The Morgan fingerprint density at radius 3 is 2.90 bits per heavy atom. The number of pyridine rings is 1. The van der Waals surface area contributed by atoms with E-state index in [1.165, 1.54) is 12.6 Å². The first-order valence-corrected chi connectivity index (χ1v) is 10.9. The smallest absolute Gasteiger partial charge is 0.228 e. The number of carbonyl (C=O) groups excluding carboxylic acids is 2. The summed E-state index contributed by atoms with van der Waals surface area (Å²) in [5.41, 5.74) is 3.66. The highest BCUT2D eigenvalue weighted by Gasteiger charge is 2.29. The second-order valence-electron chi connectivity index (χ2n) is 9.50. The molecule has 160 valence electrons. The lowest BCUT2D eigenvalue weighted by Gasteiger charge is -2.30. The average molecular weight is 410 g/mol. The summed E-state index contributed by atoms with van der Waals surface area (Å²) in [6.07, 6.45) is 9.17. The van der Waals surface area contributed by atoms with Crippen LogP contribution in [0.2, 0.25) is 0 Å². The molecule has 0 unspecified atom stereocenters. The van der Waals surface area contributed by atoms with Gasteiger partial charge < -0.3 is 10.6 Å². The van der Waals surface area contributed by atoms with Crippen LogP contribution in [0, 0.1) is 11.3 Å². The van der Waals surface area contributed by atoms with Gasteiger partial charge in [0, 0.05) is 42.9 Å². The fourth-order valence-corrected chi connectivity index (χ4v) is 4.72. The van der Waals surface area contributed by atoms with E-state index in [9.17, 15) is 9.59 Å². The first-order chi connectivity index (χ1) is 14.3. The highest BCUT2D eigenvalue weighted by molar-refractivity contribution is 5.92. The Morgan fingerprint density at radius 1 is 1.27 bits per heavy atom. The molecule has 1 saturated carbocycles. The highest BCUT2D eigenvalue weighted by Crippen LogP contribution is 2.36. The molecule has 3 heterocycles. The van der Waals surface area contributed by atoms with E-state index >= 15 is 0 Å². The molecule has 2 aromatic rings. The predicted molar refractivity (Wildman–Crippen MR) is 116 cm³/mol. The third-order valence-electron chi connectivity index (χ3n) is 6.37. The van der Waals surface area contributed by atoms with E-state index in [-0.39, 0.29) is 29.2 Å². The summed E-state index contributed by atoms with van der Waals surface area (Å²) >= 11 is 0. The molecule has 7 heteroatoms. The number of anilines is 1. The molecule has 2 atom stereocenters. The normalized spacial score (nSPS) is 22.8. The minimum absolute atomic E-state index is 0.0205. The number of fused-ring (bicyclic) bond motifs is 1. The van der Waals surface area contributed by atoms with Crippen LogP contribution in [-0.2, 0) is 22.6 Å². The number of amides is 2. The van der Waals surface area contributed by atoms with Crippen LogP contribution < -0.4 is 10.6 Å². The molecule has 1 aliphatic carbocycles. The molecule has 0 spiro atoms. The van der Waals surface area contributed by atoms with Crippen molar-refractivity contribution in [2.24, 2.45) is 11.3 Å². The van der Waals surface area contributed by atoms with E-state index in [4.69, 9.17) is 0 Å². The molecule has 2 aliphatic rings. The molecule has 0 bridgehead atoms. The Hall–Kier alpha value is -2.70. The third-order valence-corrected chi connectivity index (χ3v) is 6.37. The lowest BCUT2D eigenvalue weighted by Crippen LogP contribution is -2.40. The predicted octanol–water partition coefficient (Wildman–Crippen LogP) is 3.55. The van der Waals surface area contributed by atoms with Crippen molar-refractivity contribution in [3.8, 4) is 11.1 Å². The van der Waals surface area contributed by atoms with Crippen molar-refractivity contribution in [2.45, 2.75) is 71.9 Å². The van der Waals surface area contributed by atoms with Gasteiger partial charge in [-0.2, -0.15) is 5.10 Å².